The molecule has 1 saturated heterocycles. The first-order valence-electron chi connectivity index (χ1n) is 10.2. The van der Waals surface area contributed by atoms with Gasteiger partial charge in [-0.3, -0.25) is 0 Å². The van der Waals surface area contributed by atoms with Gasteiger partial charge in [-0.1, -0.05) is 49.5 Å². The molecular weight excluding hydrogens is 384 g/mol. The molecule has 0 spiro atoms. The van der Waals surface area contributed by atoms with Gasteiger partial charge in [0.2, 0.25) is 0 Å². The number of hydrogen-bond donors (Lipinski definition) is 0. The minimum absolute atomic E-state index is 0.284. The Morgan fingerprint density at radius 2 is 1.90 bits per heavy atom. The van der Waals surface area contributed by atoms with Crippen molar-refractivity contribution in [2.24, 2.45) is 0 Å². The molecule has 2 rings (SSSR count). The van der Waals surface area contributed by atoms with Gasteiger partial charge in [0.1, 0.15) is 6.10 Å². The summed E-state index contributed by atoms with van der Waals surface area (Å²) in [7, 11) is -1.26. The standard InChI is InChI=1S/C23H34O5Si/c1-16-13-17(2)21(22(25)26-11-12-29(5,6)7)18(14-16)9-8-10-19-20(15-24)28-23(3,4)27-19/h8-9,13-15,19-20H,10-12H2,1-7H3/b9-8+/t19?,20-/m1/s1. The normalized spacial score (nSPS) is 21.5. The molecule has 1 unspecified atom stereocenters. The number of carbonyl (C=O) groups excluding carboxylic acids is 2. The summed E-state index contributed by atoms with van der Waals surface area (Å²) in [5.41, 5.74) is 3.39. The topological polar surface area (TPSA) is 61.8 Å². The zero-order valence-corrected chi connectivity index (χ0v) is 19.7. The third-order valence-electron chi connectivity index (χ3n) is 4.82. The van der Waals surface area contributed by atoms with Crippen LogP contribution in [-0.4, -0.2) is 44.9 Å². The van der Waals surface area contributed by atoms with Gasteiger partial charge in [-0.2, -0.15) is 0 Å². The third kappa shape index (κ3) is 6.91. The second-order valence-corrected chi connectivity index (χ2v) is 15.0. The van der Waals surface area contributed by atoms with Crippen molar-refractivity contribution in [3.8, 4) is 0 Å². The molecule has 2 atom stereocenters. The molecule has 0 N–H and O–H groups in total. The number of esters is 1. The zero-order chi connectivity index (χ0) is 21.8. The van der Waals surface area contributed by atoms with E-state index >= 15 is 0 Å². The van der Waals surface area contributed by atoms with Gasteiger partial charge in [0, 0.05) is 8.07 Å². The van der Waals surface area contributed by atoms with Crippen LogP contribution in [-0.2, 0) is 19.0 Å². The first kappa shape index (κ1) is 23.5. The molecule has 0 bridgehead atoms. The molecule has 1 heterocycles. The number of rotatable bonds is 8. The molecule has 1 aromatic carbocycles. The molecule has 1 aromatic rings. The van der Waals surface area contributed by atoms with E-state index < -0.39 is 20.0 Å². The number of aldehydes is 1. The van der Waals surface area contributed by atoms with E-state index in [4.69, 9.17) is 14.2 Å². The summed E-state index contributed by atoms with van der Waals surface area (Å²) in [6.07, 6.45) is 4.22. The molecule has 0 saturated carbocycles. The SMILES string of the molecule is Cc1cc(C)c(C(=O)OCC[Si](C)(C)C)c(/C=C/CC2OC(C)(C)O[C@@H]2C=O)c1. The second-order valence-electron chi connectivity index (χ2n) is 9.41. The molecule has 0 radical (unpaired) electrons. The summed E-state index contributed by atoms with van der Waals surface area (Å²) in [5.74, 6) is -1.05. The Morgan fingerprint density at radius 1 is 1.21 bits per heavy atom. The molecular formula is C23H34O5Si. The van der Waals surface area contributed by atoms with E-state index in [1.807, 2.05) is 38.1 Å². The Labute approximate surface area is 175 Å². The highest BCUT2D eigenvalue weighted by atomic mass is 28.3. The summed E-state index contributed by atoms with van der Waals surface area (Å²) in [4.78, 5) is 24.0. The summed E-state index contributed by atoms with van der Waals surface area (Å²) in [5, 5.41) is 0. The van der Waals surface area contributed by atoms with Crippen LogP contribution in [0.5, 0.6) is 0 Å². The number of aryl methyl sites for hydroxylation is 2. The van der Waals surface area contributed by atoms with Crippen LogP contribution < -0.4 is 0 Å². The largest absolute Gasteiger partial charge is 0.462 e. The summed E-state index contributed by atoms with van der Waals surface area (Å²) < 4.78 is 17.0. The van der Waals surface area contributed by atoms with E-state index in [2.05, 4.69) is 19.6 Å². The third-order valence-corrected chi connectivity index (χ3v) is 6.53. The van der Waals surface area contributed by atoms with Crippen LogP contribution >= 0.6 is 0 Å². The Hall–Kier alpha value is -1.76. The van der Waals surface area contributed by atoms with Crippen molar-refractivity contribution >= 4 is 26.4 Å². The maximum Gasteiger partial charge on any atom is 0.338 e. The summed E-state index contributed by atoms with van der Waals surface area (Å²) in [6, 6.07) is 4.91. The monoisotopic (exact) mass is 418 g/mol. The Bertz CT molecular complexity index is 776. The van der Waals surface area contributed by atoms with Gasteiger partial charge < -0.3 is 19.0 Å². The predicted molar refractivity (Wildman–Crippen MR) is 118 cm³/mol. The van der Waals surface area contributed by atoms with Crippen LogP contribution in [0.1, 0.15) is 47.3 Å². The van der Waals surface area contributed by atoms with E-state index in [-0.39, 0.29) is 12.1 Å². The van der Waals surface area contributed by atoms with Crippen molar-refractivity contribution in [3.05, 3.63) is 40.5 Å². The molecule has 1 aliphatic heterocycles. The van der Waals surface area contributed by atoms with Gasteiger partial charge in [-0.25, -0.2) is 4.79 Å². The quantitative estimate of drug-likeness (QED) is 0.341. The molecule has 6 heteroatoms. The van der Waals surface area contributed by atoms with Crippen LogP contribution in [0.25, 0.3) is 6.08 Å². The van der Waals surface area contributed by atoms with Crippen molar-refractivity contribution in [1.29, 1.82) is 0 Å². The Balaban J connectivity index is 2.14. The fraction of sp³-hybridized carbons (Fsp3) is 0.565. The van der Waals surface area contributed by atoms with E-state index in [9.17, 15) is 9.59 Å². The maximum absolute atomic E-state index is 12.8. The average Bonchev–Trinajstić information content (AvgIpc) is 2.87. The van der Waals surface area contributed by atoms with Crippen molar-refractivity contribution in [2.75, 3.05) is 6.61 Å². The molecule has 0 amide bonds. The van der Waals surface area contributed by atoms with E-state index in [1.165, 1.54) is 0 Å². The van der Waals surface area contributed by atoms with Gasteiger partial charge in [0.15, 0.2) is 12.1 Å². The fourth-order valence-electron chi connectivity index (χ4n) is 3.42. The first-order valence-corrected chi connectivity index (χ1v) is 13.9. The maximum atomic E-state index is 12.8. The lowest BCUT2D eigenvalue weighted by Gasteiger charge is -2.17. The molecule has 29 heavy (non-hydrogen) atoms. The zero-order valence-electron chi connectivity index (χ0n) is 18.7. The minimum atomic E-state index is -1.26. The highest BCUT2D eigenvalue weighted by molar-refractivity contribution is 6.76. The molecule has 1 fully saturated rings. The van der Waals surface area contributed by atoms with Crippen LogP contribution in [0.2, 0.25) is 25.7 Å². The Kier molecular flexibility index (Phi) is 7.60. The van der Waals surface area contributed by atoms with Crippen LogP contribution in [0.3, 0.4) is 0 Å². The smallest absolute Gasteiger partial charge is 0.338 e. The van der Waals surface area contributed by atoms with Crippen molar-refractivity contribution in [3.63, 3.8) is 0 Å². The van der Waals surface area contributed by atoms with Crippen LogP contribution in [0.4, 0.5) is 0 Å². The lowest BCUT2D eigenvalue weighted by Crippen LogP contribution is -2.23. The number of ether oxygens (including phenoxy) is 3. The molecule has 0 aromatic heterocycles. The van der Waals surface area contributed by atoms with Gasteiger partial charge in [-0.05, 0) is 51.3 Å². The van der Waals surface area contributed by atoms with E-state index in [1.54, 1.807) is 13.8 Å². The van der Waals surface area contributed by atoms with E-state index in [0.29, 0.717) is 18.6 Å². The molecule has 1 aliphatic rings. The Morgan fingerprint density at radius 3 is 2.52 bits per heavy atom. The van der Waals surface area contributed by atoms with Crippen molar-refractivity contribution in [1.82, 2.24) is 0 Å². The van der Waals surface area contributed by atoms with Gasteiger partial charge in [0.05, 0.1) is 18.3 Å². The molecule has 160 valence electrons. The van der Waals surface area contributed by atoms with Crippen LogP contribution in [0.15, 0.2) is 18.2 Å². The number of carbonyl (C=O) groups is 2. The fourth-order valence-corrected chi connectivity index (χ4v) is 4.14. The number of hydrogen-bond acceptors (Lipinski definition) is 5. The molecule has 0 aliphatic carbocycles. The van der Waals surface area contributed by atoms with Crippen LogP contribution in [0, 0.1) is 13.8 Å². The average molecular weight is 419 g/mol. The predicted octanol–water partition coefficient (Wildman–Crippen LogP) is 4.92. The van der Waals surface area contributed by atoms with Gasteiger partial charge in [0.25, 0.3) is 0 Å². The van der Waals surface area contributed by atoms with Gasteiger partial charge in [-0.15, -0.1) is 0 Å². The summed E-state index contributed by atoms with van der Waals surface area (Å²) >= 11 is 0. The van der Waals surface area contributed by atoms with Crippen molar-refractivity contribution in [2.45, 2.75) is 77.8 Å². The van der Waals surface area contributed by atoms with Crippen molar-refractivity contribution < 1.29 is 23.8 Å². The highest BCUT2D eigenvalue weighted by Crippen LogP contribution is 2.29. The first-order chi connectivity index (χ1) is 13.4. The lowest BCUT2D eigenvalue weighted by atomic mass is 9.98. The molecule has 5 nitrogen and oxygen atoms in total. The minimum Gasteiger partial charge on any atom is -0.462 e. The second kappa shape index (κ2) is 9.37. The summed E-state index contributed by atoms with van der Waals surface area (Å²) in [6.45, 7) is 14.8. The van der Waals surface area contributed by atoms with E-state index in [0.717, 1.165) is 29.0 Å². The number of benzene rings is 1. The van der Waals surface area contributed by atoms with Gasteiger partial charge >= 0.3 is 5.97 Å². The lowest BCUT2D eigenvalue weighted by molar-refractivity contribution is -0.149. The highest BCUT2D eigenvalue weighted by Gasteiger charge is 2.40.